The Morgan fingerprint density at radius 1 is 1.41 bits per heavy atom. The molecular weight excluding hydrogens is 210 g/mol. The Bertz CT molecular complexity index is 404. The predicted molar refractivity (Wildman–Crippen MR) is 74.9 cm³/mol. The highest BCUT2D eigenvalue weighted by atomic mass is 15.0. The van der Waals surface area contributed by atoms with E-state index >= 15 is 0 Å². The van der Waals surface area contributed by atoms with Gasteiger partial charge in [-0.2, -0.15) is 0 Å². The molecule has 0 heterocycles. The van der Waals surface area contributed by atoms with E-state index < -0.39 is 0 Å². The Labute approximate surface area is 103 Å². The van der Waals surface area contributed by atoms with Crippen molar-refractivity contribution < 1.29 is 0 Å². The summed E-state index contributed by atoms with van der Waals surface area (Å²) in [5, 5.41) is 0. The van der Waals surface area contributed by atoms with Gasteiger partial charge in [-0.25, -0.2) is 0 Å². The fraction of sp³-hybridized carbons (Fsp3) is 0.357. The fourth-order valence-corrected chi connectivity index (χ4v) is 1.76. The Morgan fingerprint density at radius 2 is 2.18 bits per heavy atom. The maximum atomic E-state index is 5.28. The number of nitrogens with two attached hydrogens (primary N) is 2. The quantitative estimate of drug-likeness (QED) is 0.447. The topological polar surface area (TPSA) is 64.4 Å². The number of hydrogen-bond acceptors (Lipinski definition) is 1. The second-order valence-electron chi connectivity index (χ2n) is 4.00. The number of guanidine groups is 1. The standard InChI is InChI=1S/C14H21N3/c1-3-11-7-8-13(12(4-2)10-11)6-5-9-17-14(15)16/h4,7-8,10H,2-3,5-6,9H2,1H3,(H4,15,16,17). The molecule has 0 aliphatic carbocycles. The predicted octanol–water partition coefficient (Wildman–Crippen LogP) is 2.10. The molecule has 0 saturated carbocycles. The summed E-state index contributed by atoms with van der Waals surface area (Å²) < 4.78 is 0. The summed E-state index contributed by atoms with van der Waals surface area (Å²) in [5.41, 5.74) is 14.4. The fourth-order valence-electron chi connectivity index (χ4n) is 1.76. The molecule has 17 heavy (non-hydrogen) atoms. The van der Waals surface area contributed by atoms with E-state index in [0.717, 1.165) is 19.3 Å². The molecule has 0 saturated heterocycles. The molecule has 0 unspecified atom stereocenters. The molecule has 0 spiro atoms. The van der Waals surface area contributed by atoms with E-state index in [1.54, 1.807) is 0 Å². The van der Waals surface area contributed by atoms with E-state index in [1.807, 2.05) is 6.08 Å². The molecule has 0 atom stereocenters. The third-order valence-electron chi connectivity index (χ3n) is 2.74. The third kappa shape index (κ3) is 4.31. The van der Waals surface area contributed by atoms with Crippen molar-refractivity contribution in [1.82, 2.24) is 0 Å². The summed E-state index contributed by atoms with van der Waals surface area (Å²) in [6, 6.07) is 6.54. The number of aryl methyl sites for hydroxylation is 2. The maximum Gasteiger partial charge on any atom is 0.185 e. The lowest BCUT2D eigenvalue weighted by Gasteiger charge is -2.07. The van der Waals surface area contributed by atoms with Crippen molar-refractivity contribution in [2.45, 2.75) is 26.2 Å². The molecule has 1 aromatic carbocycles. The van der Waals surface area contributed by atoms with Gasteiger partial charge in [0, 0.05) is 6.54 Å². The van der Waals surface area contributed by atoms with Crippen LogP contribution in [0.25, 0.3) is 6.08 Å². The molecule has 3 heteroatoms. The number of nitrogens with zero attached hydrogens (tertiary/aromatic N) is 1. The maximum absolute atomic E-state index is 5.28. The Balaban J connectivity index is 2.64. The van der Waals surface area contributed by atoms with Crippen LogP contribution in [0.4, 0.5) is 0 Å². The number of hydrogen-bond donors (Lipinski definition) is 2. The van der Waals surface area contributed by atoms with Gasteiger partial charge >= 0.3 is 0 Å². The summed E-state index contributed by atoms with van der Waals surface area (Å²) in [4.78, 5) is 3.98. The van der Waals surface area contributed by atoms with Gasteiger partial charge in [0.05, 0.1) is 0 Å². The molecular formula is C14H21N3. The van der Waals surface area contributed by atoms with Gasteiger partial charge in [-0.3, -0.25) is 4.99 Å². The van der Waals surface area contributed by atoms with Crippen molar-refractivity contribution in [3.63, 3.8) is 0 Å². The number of benzene rings is 1. The van der Waals surface area contributed by atoms with Crippen LogP contribution >= 0.6 is 0 Å². The van der Waals surface area contributed by atoms with Crippen molar-refractivity contribution in [2.75, 3.05) is 6.54 Å². The van der Waals surface area contributed by atoms with Crippen LogP contribution in [0.15, 0.2) is 29.8 Å². The summed E-state index contributed by atoms with van der Waals surface area (Å²) in [5.74, 6) is 0.162. The van der Waals surface area contributed by atoms with E-state index in [2.05, 4.69) is 36.7 Å². The first-order chi connectivity index (χ1) is 8.17. The van der Waals surface area contributed by atoms with Crippen LogP contribution < -0.4 is 11.5 Å². The second-order valence-corrected chi connectivity index (χ2v) is 4.00. The normalized spacial score (nSPS) is 9.94. The minimum Gasteiger partial charge on any atom is -0.370 e. The minimum absolute atomic E-state index is 0.162. The molecule has 3 nitrogen and oxygen atoms in total. The van der Waals surface area contributed by atoms with Gasteiger partial charge in [-0.1, -0.05) is 37.8 Å². The Hall–Kier alpha value is -1.77. The monoisotopic (exact) mass is 231 g/mol. The lowest BCUT2D eigenvalue weighted by atomic mass is 9.99. The van der Waals surface area contributed by atoms with Crippen molar-refractivity contribution in [3.8, 4) is 0 Å². The van der Waals surface area contributed by atoms with Gasteiger partial charge in [0.1, 0.15) is 0 Å². The van der Waals surface area contributed by atoms with E-state index in [4.69, 9.17) is 11.5 Å². The van der Waals surface area contributed by atoms with Crippen molar-refractivity contribution >= 4 is 12.0 Å². The SMILES string of the molecule is C=Cc1cc(CC)ccc1CCCN=C(N)N. The lowest BCUT2D eigenvalue weighted by molar-refractivity contribution is 0.829. The molecule has 0 aliphatic heterocycles. The van der Waals surface area contributed by atoms with E-state index in [9.17, 15) is 0 Å². The molecule has 0 fully saturated rings. The first-order valence-electron chi connectivity index (χ1n) is 5.97. The molecule has 0 amide bonds. The summed E-state index contributed by atoms with van der Waals surface area (Å²) >= 11 is 0. The van der Waals surface area contributed by atoms with Gasteiger partial charge in [-0.05, 0) is 36.0 Å². The number of aliphatic imine (C=N–C) groups is 1. The zero-order valence-electron chi connectivity index (χ0n) is 10.4. The van der Waals surface area contributed by atoms with Crippen LogP contribution in [-0.2, 0) is 12.8 Å². The zero-order valence-corrected chi connectivity index (χ0v) is 10.4. The van der Waals surface area contributed by atoms with E-state index in [-0.39, 0.29) is 5.96 Å². The van der Waals surface area contributed by atoms with Gasteiger partial charge in [0.15, 0.2) is 5.96 Å². The summed E-state index contributed by atoms with van der Waals surface area (Å²) in [6.07, 6.45) is 4.89. The van der Waals surface area contributed by atoms with Crippen LogP contribution in [0.2, 0.25) is 0 Å². The van der Waals surface area contributed by atoms with Crippen LogP contribution in [0.5, 0.6) is 0 Å². The first kappa shape index (κ1) is 13.3. The van der Waals surface area contributed by atoms with Gasteiger partial charge in [0.25, 0.3) is 0 Å². The smallest absolute Gasteiger partial charge is 0.185 e. The van der Waals surface area contributed by atoms with Crippen LogP contribution in [-0.4, -0.2) is 12.5 Å². The van der Waals surface area contributed by atoms with Gasteiger partial charge in [0.2, 0.25) is 0 Å². The zero-order chi connectivity index (χ0) is 12.7. The molecule has 1 aromatic rings. The highest BCUT2D eigenvalue weighted by molar-refractivity contribution is 5.75. The highest BCUT2D eigenvalue weighted by Crippen LogP contribution is 2.15. The average molecular weight is 231 g/mol. The molecule has 4 N–H and O–H groups in total. The lowest BCUT2D eigenvalue weighted by Crippen LogP contribution is -2.23. The minimum atomic E-state index is 0.162. The summed E-state index contributed by atoms with van der Waals surface area (Å²) in [7, 11) is 0. The molecule has 1 rings (SSSR count). The number of rotatable bonds is 6. The van der Waals surface area contributed by atoms with Crippen LogP contribution in [0.3, 0.4) is 0 Å². The molecule has 0 radical (unpaired) electrons. The Kier molecular flexibility index (Phi) is 5.27. The van der Waals surface area contributed by atoms with Crippen molar-refractivity contribution in [3.05, 3.63) is 41.5 Å². The average Bonchev–Trinajstić information content (AvgIpc) is 2.34. The third-order valence-corrected chi connectivity index (χ3v) is 2.74. The highest BCUT2D eigenvalue weighted by Gasteiger charge is 2.00. The van der Waals surface area contributed by atoms with Crippen LogP contribution in [0.1, 0.15) is 30.0 Å². The largest absolute Gasteiger partial charge is 0.370 e. The van der Waals surface area contributed by atoms with E-state index in [0.29, 0.717) is 6.54 Å². The van der Waals surface area contributed by atoms with Crippen molar-refractivity contribution in [2.24, 2.45) is 16.5 Å². The molecule has 0 aromatic heterocycles. The van der Waals surface area contributed by atoms with Gasteiger partial charge < -0.3 is 11.5 Å². The van der Waals surface area contributed by atoms with Gasteiger partial charge in [-0.15, -0.1) is 0 Å². The Morgan fingerprint density at radius 3 is 2.76 bits per heavy atom. The van der Waals surface area contributed by atoms with Crippen molar-refractivity contribution in [1.29, 1.82) is 0 Å². The second kappa shape index (κ2) is 6.74. The van der Waals surface area contributed by atoms with E-state index in [1.165, 1.54) is 16.7 Å². The molecule has 0 aliphatic rings. The molecule has 0 bridgehead atoms. The molecule has 92 valence electrons. The summed E-state index contributed by atoms with van der Waals surface area (Å²) in [6.45, 7) is 6.68. The van der Waals surface area contributed by atoms with Crippen LogP contribution in [0, 0.1) is 0 Å². The first-order valence-corrected chi connectivity index (χ1v) is 5.97.